The number of fused-ring (bicyclic) bond motifs is 1. The van der Waals surface area contributed by atoms with Gasteiger partial charge in [0.15, 0.2) is 6.17 Å². The van der Waals surface area contributed by atoms with Gasteiger partial charge >= 0.3 is 5.97 Å². The zero-order chi connectivity index (χ0) is 20.3. The molecule has 2 atom stereocenters. The molecule has 1 N–H and O–H groups in total. The highest BCUT2D eigenvalue weighted by atomic mass is 19.1. The Morgan fingerprint density at radius 3 is 2.67 bits per heavy atom. The van der Waals surface area contributed by atoms with Crippen molar-refractivity contribution < 1.29 is 23.4 Å². The van der Waals surface area contributed by atoms with Crippen LogP contribution in [0.1, 0.15) is 37.2 Å². The number of hydrogen-bond donors (Lipinski definition) is 1. The monoisotopic (exact) mass is 382 g/mol. The number of alkyl halides is 1. The third kappa shape index (κ3) is 3.95. The Bertz CT molecular complexity index is 936. The number of carbonyl (C=O) groups is 1. The lowest BCUT2D eigenvalue weighted by molar-refractivity contribution is 0.0523. The molecule has 6 nitrogen and oxygen atoms in total. The number of nitrogens with zero attached hydrogens (tertiary/aromatic N) is 2. The van der Waals surface area contributed by atoms with E-state index >= 15 is 0 Å². The molecule has 1 heterocycles. The topological polar surface area (TPSA) is 71.8 Å². The molecule has 0 amide bonds. The van der Waals surface area contributed by atoms with Crippen LogP contribution in [0.15, 0.2) is 22.5 Å². The third-order valence-electron chi connectivity index (χ3n) is 4.51. The quantitative estimate of drug-likeness (QED) is 0.731. The van der Waals surface area contributed by atoms with E-state index in [0.29, 0.717) is 6.54 Å². The van der Waals surface area contributed by atoms with Crippen molar-refractivity contribution in [2.24, 2.45) is 0 Å². The summed E-state index contributed by atoms with van der Waals surface area (Å²) in [7, 11) is 1.55. The highest BCUT2D eigenvalue weighted by Gasteiger charge is 2.24. The summed E-state index contributed by atoms with van der Waals surface area (Å²) in [6.07, 6.45) is 1.50. The summed E-state index contributed by atoms with van der Waals surface area (Å²) in [4.78, 5) is 26.4. The van der Waals surface area contributed by atoms with Crippen LogP contribution >= 0.6 is 0 Å². The highest BCUT2D eigenvalue weighted by molar-refractivity contribution is 5.89. The van der Waals surface area contributed by atoms with Crippen LogP contribution in [0.25, 0.3) is 12.2 Å². The summed E-state index contributed by atoms with van der Waals surface area (Å²) < 4.78 is 35.9. The number of rotatable bonds is 6. The van der Waals surface area contributed by atoms with Gasteiger partial charge in [-0.25, -0.2) is 13.6 Å². The molecule has 0 bridgehead atoms. The maximum atomic E-state index is 14.8. The van der Waals surface area contributed by atoms with Crippen molar-refractivity contribution in [2.75, 3.05) is 26.8 Å². The van der Waals surface area contributed by atoms with E-state index in [-0.39, 0.29) is 35.0 Å². The number of halogens is 2. The van der Waals surface area contributed by atoms with Crippen LogP contribution in [-0.4, -0.2) is 53.5 Å². The van der Waals surface area contributed by atoms with Crippen molar-refractivity contribution in [3.63, 3.8) is 0 Å². The number of aliphatic hydroxyl groups is 1. The van der Waals surface area contributed by atoms with Crippen molar-refractivity contribution in [1.82, 2.24) is 9.47 Å². The SMILES string of the molecule is CCOC(=O)c1cn(C(C)CO)c2c(c1=O)=CC(F)=C(N(C)CC)C(F)C=2. The molecule has 148 valence electrons. The van der Waals surface area contributed by atoms with Crippen molar-refractivity contribution in [2.45, 2.75) is 33.0 Å². The minimum Gasteiger partial charge on any atom is -0.462 e. The number of aromatic nitrogens is 1. The number of carbonyl (C=O) groups excluding carboxylic acids is 1. The fraction of sp³-hybridized carbons (Fsp3) is 0.474. The van der Waals surface area contributed by atoms with Crippen molar-refractivity contribution in [3.8, 4) is 0 Å². The molecule has 2 rings (SSSR count). The molecule has 1 aromatic heterocycles. The number of esters is 1. The molecule has 0 aromatic carbocycles. The maximum absolute atomic E-state index is 14.8. The van der Waals surface area contributed by atoms with Crippen molar-refractivity contribution >= 4 is 18.1 Å². The zero-order valence-corrected chi connectivity index (χ0v) is 15.8. The molecule has 1 aliphatic rings. The molecular weight excluding hydrogens is 358 g/mol. The maximum Gasteiger partial charge on any atom is 0.343 e. The summed E-state index contributed by atoms with van der Waals surface area (Å²) in [5.41, 5.74) is -1.24. The molecular formula is C19H24F2N2O4. The summed E-state index contributed by atoms with van der Waals surface area (Å²) >= 11 is 0. The number of pyridine rings is 1. The highest BCUT2D eigenvalue weighted by Crippen LogP contribution is 2.20. The van der Waals surface area contributed by atoms with Gasteiger partial charge in [-0.15, -0.1) is 0 Å². The van der Waals surface area contributed by atoms with Gasteiger partial charge in [0.2, 0.25) is 5.43 Å². The standard InChI is InChI=1S/C19H24F2N2O4/c1-5-22(4)17-14(20)7-12-16(8-15(17)21)23(11(3)10-24)9-13(18(12)25)19(26)27-6-2/h7-9,11,15,24H,5-6,10H2,1-4H3. The Morgan fingerprint density at radius 2 is 2.11 bits per heavy atom. The van der Waals surface area contributed by atoms with Gasteiger partial charge in [-0.1, -0.05) is 0 Å². The normalized spacial score (nSPS) is 17.4. The molecule has 0 saturated carbocycles. The number of hydrogen-bond acceptors (Lipinski definition) is 5. The second kappa shape index (κ2) is 8.47. The first-order valence-corrected chi connectivity index (χ1v) is 8.78. The van der Waals surface area contributed by atoms with Gasteiger partial charge in [-0.2, -0.15) is 0 Å². The van der Waals surface area contributed by atoms with Gasteiger partial charge in [0, 0.05) is 25.0 Å². The molecule has 1 aromatic rings. The van der Waals surface area contributed by atoms with Crippen LogP contribution < -0.4 is 16.0 Å². The van der Waals surface area contributed by atoms with Gasteiger partial charge in [-0.05, 0) is 32.9 Å². The smallest absolute Gasteiger partial charge is 0.343 e. The molecule has 1 aliphatic carbocycles. The second-order valence-corrected chi connectivity index (χ2v) is 6.29. The van der Waals surface area contributed by atoms with Crippen LogP contribution in [0.2, 0.25) is 0 Å². The fourth-order valence-corrected chi connectivity index (χ4v) is 2.90. The lowest BCUT2D eigenvalue weighted by Gasteiger charge is -2.22. The average Bonchev–Trinajstić information content (AvgIpc) is 2.76. The van der Waals surface area contributed by atoms with Crippen LogP contribution in [0.3, 0.4) is 0 Å². The van der Waals surface area contributed by atoms with Gasteiger partial charge in [0.05, 0.1) is 30.3 Å². The predicted octanol–water partition coefficient (Wildman–Crippen LogP) is 0.624. The first-order valence-electron chi connectivity index (χ1n) is 8.78. The van der Waals surface area contributed by atoms with Crippen LogP contribution in [0, 0.1) is 0 Å². The van der Waals surface area contributed by atoms with E-state index in [2.05, 4.69) is 0 Å². The Kier molecular flexibility index (Phi) is 6.54. The molecule has 8 heteroatoms. The lowest BCUT2D eigenvalue weighted by atomic mass is 10.1. The van der Waals surface area contributed by atoms with E-state index in [1.54, 1.807) is 27.8 Å². The van der Waals surface area contributed by atoms with Crippen LogP contribution in [0.4, 0.5) is 8.78 Å². The van der Waals surface area contributed by atoms with Gasteiger partial charge in [0.1, 0.15) is 11.4 Å². The summed E-state index contributed by atoms with van der Waals surface area (Å²) in [5.74, 6) is -1.74. The number of aliphatic hydroxyl groups excluding tert-OH is 1. The average molecular weight is 382 g/mol. The van der Waals surface area contributed by atoms with Crippen molar-refractivity contribution in [3.05, 3.63) is 44.1 Å². The number of ether oxygens (including phenoxy) is 1. The van der Waals surface area contributed by atoms with E-state index < -0.39 is 29.4 Å². The van der Waals surface area contributed by atoms with Gasteiger partial charge < -0.3 is 19.3 Å². The molecule has 0 radical (unpaired) electrons. The number of allylic oxidation sites excluding steroid dienone is 2. The summed E-state index contributed by atoms with van der Waals surface area (Å²) in [6.45, 7) is 5.09. The fourth-order valence-electron chi connectivity index (χ4n) is 2.90. The first-order chi connectivity index (χ1) is 12.8. The lowest BCUT2D eigenvalue weighted by Crippen LogP contribution is -2.49. The van der Waals surface area contributed by atoms with Gasteiger partial charge in [0.25, 0.3) is 0 Å². The molecule has 2 unspecified atom stereocenters. The van der Waals surface area contributed by atoms with E-state index in [9.17, 15) is 23.5 Å². The molecule has 0 saturated heterocycles. The van der Waals surface area contributed by atoms with Gasteiger partial charge in [-0.3, -0.25) is 4.79 Å². The second-order valence-electron chi connectivity index (χ2n) is 6.29. The first kappa shape index (κ1) is 20.8. The van der Waals surface area contributed by atoms with E-state index in [1.165, 1.54) is 15.7 Å². The predicted molar refractivity (Wildman–Crippen MR) is 98.0 cm³/mol. The Labute approximate surface area is 155 Å². The third-order valence-corrected chi connectivity index (χ3v) is 4.51. The minimum atomic E-state index is -1.79. The minimum absolute atomic E-state index is 0.0625. The Morgan fingerprint density at radius 1 is 1.44 bits per heavy atom. The van der Waals surface area contributed by atoms with Crippen LogP contribution in [0.5, 0.6) is 0 Å². The van der Waals surface area contributed by atoms with Crippen LogP contribution in [-0.2, 0) is 4.74 Å². The Balaban J connectivity index is 2.92. The molecule has 0 fully saturated rings. The van der Waals surface area contributed by atoms with Crippen molar-refractivity contribution in [1.29, 1.82) is 0 Å². The summed E-state index contributed by atoms with van der Waals surface area (Å²) in [6, 6.07) is -0.571. The zero-order valence-electron chi connectivity index (χ0n) is 15.8. The molecule has 27 heavy (non-hydrogen) atoms. The molecule has 0 spiro atoms. The molecule has 0 aliphatic heterocycles. The largest absolute Gasteiger partial charge is 0.462 e. The van der Waals surface area contributed by atoms with E-state index in [0.717, 1.165) is 12.2 Å². The summed E-state index contributed by atoms with van der Waals surface area (Å²) in [5, 5.41) is 9.49. The Hall–Kier alpha value is -2.48. The van der Waals surface area contributed by atoms with E-state index in [1.807, 2.05) is 0 Å². The van der Waals surface area contributed by atoms with E-state index in [4.69, 9.17) is 4.74 Å².